The van der Waals surface area contributed by atoms with E-state index < -0.39 is 16.1 Å². The van der Waals surface area contributed by atoms with Gasteiger partial charge >= 0.3 is 20.1 Å². The van der Waals surface area contributed by atoms with E-state index in [2.05, 4.69) is 225 Å². The first-order valence-corrected chi connectivity index (χ1v) is 26.6. The summed E-state index contributed by atoms with van der Waals surface area (Å²) in [6.07, 6.45) is 1.67. The molecule has 2 N–H and O–H groups in total. The SMILES string of the molecule is CC(C)(C)C(=N)N=C([NH-])c1nccc2ccccc12.[Ir+3].[c-]1cccc2c3ccccc3n([PH+](c3ccccc3)c3ccccc3)c12.[c-]1cccc2c3ccccc3n([PH+](c3ccccc3)c3ccccc3)c12. The molecule has 3 aromatic heterocycles. The largest absolute Gasteiger partial charge is 3.00 e. The summed E-state index contributed by atoms with van der Waals surface area (Å²) in [6, 6.07) is 90.2. The van der Waals surface area contributed by atoms with E-state index in [4.69, 9.17) is 11.1 Å². The standard InChI is InChI=1S/2C24H17NP.C15H17N4.Ir/c2*1-3-11-19(12-4-1)26(20-13-5-2-6-14-20)25-23-17-9-7-15-21(23)22-16-8-10-18-24(22)25;1-15(2,3)14(17)19-13(16)12-11-7-5-4-6-10(11)8-9-18-12;/h2*1-17H;4-9H,1-3H3,(H2-,16,17,19);/q3*-1;+3/p+2. The van der Waals surface area contributed by atoms with E-state index in [0.717, 1.165) is 10.8 Å². The number of nitrogens with zero attached hydrogens (tertiary/aromatic N) is 4. The summed E-state index contributed by atoms with van der Waals surface area (Å²) in [5, 5.41) is 20.5. The van der Waals surface area contributed by atoms with Crippen LogP contribution >= 0.6 is 16.1 Å². The van der Waals surface area contributed by atoms with Crippen LogP contribution < -0.4 is 21.2 Å². The molecular formula is C63H53IrN6P2+2. The van der Waals surface area contributed by atoms with Crippen LogP contribution in [0.4, 0.5) is 0 Å². The van der Waals surface area contributed by atoms with Gasteiger partial charge in [-0.1, -0.05) is 165 Å². The number of hydrogen-bond acceptors (Lipinski definition) is 2. The fraction of sp³-hybridized carbons (Fsp3) is 0.0635. The number of nitrogens with one attached hydrogen (secondary N) is 2. The van der Waals surface area contributed by atoms with Gasteiger partial charge in [-0.2, -0.15) is 48.5 Å². The number of benzene rings is 9. The molecule has 0 atom stereocenters. The average Bonchev–Trinajstić information content (AvgIpc) is 3.93. The van der Waals surface area contributed by atoms with Crippen LogP contribution in [0.15, 0.2) is 248 Å². The quantitative estimate of drug-likeness (QED) is 0.0733. The molecule has 12 aromatic rings. The molecule has 0 spiro atoms. The van der Waals surface area contributed by atoms with Gasteiger partial charge in [-0.15, -0.1) is 0 Å². The smallest absolute Gasteiger partial charge is 0.480 e. The Morgan fingerprint density at radius 3 is 1.25 bits per heavy atom. The number of pyridine rings is 1. The van der Waals surface area contributed by atoms with Crippen LogP contribution in [0.5, 0.6) is 0 Å². The van der Waals surface area contributed by atoms with Crippen LogP contribution in [-0.4, -0.2) is 25.3 Å². The summed E-state index contributed by atoms with van der Waals surface area (Å²) in [5.74, 6) is 0.226. The van der Waals surface area contributed by atoms with Gasteiger partial charge in [0.1, 0.15) is 21.2 Å². The average molecular weight is 1150 g/mol. The van der Waals surface area contributed by atoms with Gasteiger partial charge in [0.2, 0.25) is 0 Å². The topological polar surface area (TPSA) is 82.8 Å². The van der Waals surface area contributed by atoms with Crippen molar-refractivity contribution in [3.8, 4) is 0 Å². The number of aromatic nitrogens is 3. The van der Waals surface area contributed by atoms with Crippen LogP contribution in [0.1, 0.15) is 26.5 Å². The number of hydrogen-bond donors (Lipinski definition) is 1. The summed E-state index contributed by atoms with van der Waals surface area (Å²) < 4.78 is 5.06. The summed E-state index contributed by atoms with van der Waals surface area (Å²) in [5.41, 5.74) is 13.2. The van der Waals surface area contributed by atoms with Crippen LogP contribution in [0.25, 0.3) is 60.1 Å². The van der Waals surface area contributed by atoms with Gasteiger partial charge in [0, 0.05) is 17.4 Å². The second kappa shape index (κ2) is 22.4. The van der Waals surface area contributed by atoms with Crippen LogP contribution in [0, 0.1) is 23.0 Å². The Morgan fingerprint density at radius 1 is 0.472 bits per heavy atom. The Labute approximate surface area is 437 Å². The Morgan fingerprint density at radius 2 is 0.833 bits per heavy atom. The molecule has 0 saturated heterocycles. The molecule has 352 valence electrons. The van der Waals surface area contributed by atoms with E-state index in [1.807, 2.05) is 63.2 Å². The van der Waals surface area contributed by atoms with Crippen LogP contribution in [-0.2, 0) is 20.1 Å². The number of fused-ring (bicyclic) bond motifs is 7. The van der Waals surface area contributed by atoms with Crippen molar-refractivity contribution in [3.63, 3.8) is 0 Å². The zero-order valence-electron chi connectivity index (χ0n) is 40.2. The fourth-order valence-corrected chi connectivity index (χ4v) is 14.5. The third-order valence-corrected chi connectivity index (χ3v) is 17.8. The Kier molecular flexibility index (Phi) is 15.4. The maximum atomic E-state index is 8.05. The molecule has 9 aromatic carbocycles. The molecule has 0 aliphatic rings. The minimum Gasteiger partial charge on any atom is -0.480 e. The van der Waals surface area contributed by atoms with Crippen molar-refractivity contribution in [1.82, 2.24) is 13.7 Å². The molecule has 3 heterocycles. The molecule has 0 aliphatic carbocycles. The van der Waals surface area contributed by atoms with Crippen molar-refractivity contribution in [2.75, 3.05) is 0 Å². The van der Waals surface area contributed by atoms with Gasteiger partial charge in [-0.05, 0) is 105 Å². The molecule has 72 heavy (non-hydrogen) atoms. The van der Waals surface area contributed by atoms with Crippen molar-refractivity contribution in [2.45, 2.75) is 20.8 Å². The van der Waals surface area contributed by atoms with Crippen LogP contribution in [0.3, 0.4) is 0 Å². The summed E-state index contributed by atoms with van der Waals surface area (Å²) >= 11 is 0. The van der Waals surface area contributed by atoms with E-state index in [1.165, 1.54) is 64.8 Å². The molecule has 0 aliphatic heterocycles. The molecule has 0 unspecified atom stereocenters. The normalized spacial score (nSPS) is 11.6. The zero-order valence-corrected chi connectivity index (χ0v) is 44.6. The first-order chi connectivity index (χ1) is 34.8. The second-order valence-electron chi connectivity index (χ2n) is 18.2. The predicted molar refractivity (Wildman–Crippen MR) is 308 cm³/mol. The van der Waals surface area contributed by atoms with Crippen molar-refractivity contribution in [3.05, 3.63) is 266 Å². The van der Waals surface area contributed by atoms with Crippen molar-refractivity contribution >= 4 is 103 Å². The van der Waals surface area contributed by atoms with Gasteiger partial charge in [0.25, 0.3) is 0 Å². The molecule has 0 fully saturated rings. The summed E-state index contributed by atoms with van der Waals surface area (Å²) in [4.78, 5) is 8.30. The zero-order chi connectivity index (χ0) is 48.7. The van der Waals surface area contributed by atoms with Gasteiger partial charge in [-0.3, -0.25) is 4.98 Å². The number of aliphatic imine (C=N–C) groups is 1. The van der Waals surface area contributed by atoms with Crippen LogP contribution in [0.2, 0.25) is 0 Å². The van der Waals surface area contributed by atoms with Gasteiger partial charge in [0.15, 0.2) is 16.1 Å². The first-order valence-electron chi connectivity index (χ1n) is 23.8. The van der Waals surface area contributed by atoms with E-state index in [0.29, 0.717) is 5.69 Å². The van der Waals surface area contributed by atoms with Gasteiger partial charge in [-0.25, -0.2) is 8.68 Å². The molecule has 9 heteroatoms. The number of para-hydroxylation sites is 4. The maximum absolute atomic E-state index is 8.05. The third-order valence-electron chi connectivity index (χ3n) is 12.5. The third kappa shape index (κ3) is 10.3. The fourth-order valence-electron chi connectivity index (χ4n) is 9.03. The van der Waals surface area contributed by atoms with Gasteiger partial charge in [0.05, 0.1) is 16.7 Å². The minimum atomic E-state index is -1.20. The Bertz CT molecular complexity index is 3410. The first kappa shape index (κ1) is 49.6. The van der Waals surface area contributed by atoms with Crippen molar-refractivity contribution in [2.24, 2.45) is 10.4 Å². The minimum absolute atomic E-state index is 0. The number of rotatable bonds is 7. The predicted octanol–water partition coefficient (Wildman–Crippen LogP) is 14.5. The monoisotopic (exact) mass is 1150 g/mol. The molecule has 0 radical (unpaired) electrons. The van der Waals surface area contributed by atoms with E-state index >= 15 is 0 Å². The van der Waals surface area contributed by atoms with Crippen molar-refractivity contribution < 1.29 is 20.1 Å². The van der Waals surface area contributed by atoms with E-state index in [-0.39, 0.29) is 37.2 Å². The second-order valence-corrected chi connectivity index (χ2v) is 22.8. The summed E-state index contributed by atoms with van der Waals surface area (Å²) in [6.45, 7) is 5.72. The molecule has 0 bridgehead atoms. The number of amidine groups is 2. The van der Waals surface area contributed by atoms with Gasteiger partial charge < -0.3 is 16.1 Å². The van der Waals surface area contributed by atoms with Crippen molar-refractivity contribution in [1.29, 1.82) is 5.41 Å². The molecule has 0 amide bonds. The molecule has 6 nitrogen and oxygen atoms in total. The molecule has 0 saturated carbocycles. The maximum Gasteiger partial charge on any atom is 3.00 e. The Balaban J connectivity index is 0.000000135. The molecular weight excluding hydrogens is 1090 g/mol. The van der Waals surface area contributed by atoms with E-state index in [9.17, 15) is 0 Å². The molecule has 12 rings (SSSR count). The van der Waals surface area contributed by atoms with E-state index in [1.54, 1.807) is 6.20 Å². The summed E-state index contributed by atoms with van der Waals surface area (Å²) in [7, 11) is -2.40. The Hall–Kier alpha value is -7.36.